The van der Waals surface area contributed by atoms with Crippen molar-refractivity contribution in [2.45, 2.75) is 19.3 Å². The van der Waals surface area contributed by atoms with Crippen molar-refractivity contribution in [2.24, 2.45) is 0 Å². The molecule has 118 valence electrons. The Morgan fingerprint density at radius 2 is 2.04 bits per heavy atom. The highest BCUT2D eigenvalue weighted by Crippen LogP contribution is 2.37. The Morgan fingerprint density at radius 3 is 2.71 bits per heavy atom. The summed E-state index contributed by atoms with van der Waals surface area (Å²) in [7, 11) is 0. The maximum Gasteiger partial charge on any atom is 0.259 e. The zero-order chi connectivity index (χ0) is 17.3. The van der Waals surface area contributed by atoms with Crippen molar-refractivity contribution in [1.29, 1.82) is 10.5 Å². The van der Waals surface area contributed by atoms with Gasteiger partial charge in [-0.3, -0.25) is 9.59 Å². The van der Waals surface area contributed by atoms with Crippen molar-refractivity contribution in [3.05, 3.63) is 51.1 Å². The minimum atomic E-state index is -0.804. The van der Waals surface area contributed by atoms with Crippen LogP contribution >= 0.6 is 11.3 Å². The number of thiophene rings is 1. The van der Waals surface area contributed by atoms with Gasteiger partial charge in [0.15, 0.2) is 0 Å². The number of ketones is 1. The first-order chi connectivity index (χ1) is 11.5. The molecule has 1 aromatic carbocycles. The molecule has 0 spiro atoms. The molecule has 1 N–H and O–H groups in total. The minimum absolute atomic E-state index is 0.101. The number of anilines is 1. The Kier molecular flexibility index (Phi) is 4.11. The van der Waals surface area contributed by atoms with Crippen molar-refractivity contribution in [3.63, 3.8) is 0 Å². The van der Waals surface area contributed by atoms with E-state index < -0.39 is 11.7 Å². The molecule has 0 fully saturated rings. The minimum Gasteiger partial charge on any atom is -0.312 e. The molecule has 1 aliphatic carbocycles. The van der Waals surface area contributed by atoms with E-state index in [9.17, 15) is 19.2 Å². The Hall–Kier alpha value is -3.03. The molecule has 1 aliphatic rings. The monoisotopic (exact) mass is 339 g/mol. The number of benzene rings is 1. The summed E-state index contributed by atoms with van der Waals surface area (Å²) in [6.07, 6.45) is 1.13. The van der Waals surface area contributed by atoms with Gasteiger partial charge in [-0.2, -0.15) is 10.5 Å². The number of nitriles is 2. The van der Waals surface area contributed by atoms with Crippen LogP contribution in [0, 0.1) is 28.5 Å². The third-order valence-corrected chi connectivity index (χ3v) is 4.93. The molecule has 0 atom stereocenters. The fourth-order valence-corrected chi connectivity index (χ4v) is 3.82. The second-order valence-corrected chi connectivity index (χ2v) is 6.40. The first kappa shape index (κ1) is 15.9. The molecule has 7 heteroatoms. The predicted molar refractivity (Wildman–Crippen MR) is 85.1 cm³/mol. The van der Waals surface area contributed by atoms with Crippen molar-refractivity contribution in [2.75, 3.05) is 5.32 Å². The van der Waals surface area contributed by atoms with Gasteiger partial charge in [-0.15, -0.1) is 11.3 Å². The number of nitrogens with zero attached hydrogens (tertiary/aromatic N) is 2. The average molecular weight is 339 g/mol. The molecular weight excluding hydrogens is 329 g/mol. The smallest absolute Gasteiger partial charge is 0.259 e. The number of carbonyl (C=O) groups excluding carboxylic acids is 2. The van der Waals surface area contributed by atoms with Gasteiger partial charge in [0, 0.05) is 17.7 Å². The highest BCUT2D eigenvalue weighted by atomic mass is 32.1. The number of amides is 1. The lowest BCUT2D eigenvalue weighted by molar-refractivity contribution is -0.118. The van der Waals surface area contributed by atoms with Crippen LogP contribution in [0.5, 0.6) is 0 Å². The van der Waals surface area contributed by atoms with Gasteiger partial charge in [0.05, 0.1) is 22.8 Å². The number of carbonyl (C=O) groups is 2. The van der Waals surface area contributed by atoms with Crippen LogP contribution in [0.25, 0.3) is 0 Å². The summed E-state index contributed by atoms with van der Waals surface area (Å²) < 4.78 is 13.9. The number of rotatable bonds is 2. The Balaban J connectivity index is 1.92. The van der Waals surface area contributed by atoms with Gasteiger partial charge < -0.3 is 5.32 Å². The molecule has 3 rings (SSSR count). The lowest BCUT2D eigenvalue weighted by Gasteiger charge is -2.09. The van der Waals surface area contributed by atoms with Gasteiger partial charge in [0.25, 0.3) is 5.91 Å². The van der Waals surface area contributed by atoms with Crippen LogP contribution in [0.15, 0.2) is 18.2 Å². The van der Waals surface area contributed by atoms with Crippen LogP contribution < -0.4 is 5.32 Å². The number of nitrogens with one attached hydrogen (secondary N) is 1. The third kappa shape index (κ3) is 2.78. The first-order valence-electron chi connectivity index (χ1n) is 7.10. The summed E-state index contributed by atoms with van der Waals surface area (Å²) in [5.41, 5.74) is 1.04. The summed E-state index contributed by atoms with van der Waals surface area (Å²) in [6.45, 7) is 0. The Morgan fingerprint density at radius 1 is 1.25 bits per heavy atom. The maximum absolute atomic E-state index is 13.9. The van der Waals surface area contributed by atoms with Gasteiger partial charge in [-0.05, 0) is 30.2 Å². The molecule has 24 heavy (non-hydrogen) atoms. The molecule has 5 nitrogen and oxygen atoms in total. The van der Waals surface area contributed by atoms with Gasteiger partial charge in [0.1, 0.15) is 22.7 Å². The normalized spacial score (nSPS) is 12.9. The summed E-state index contributed by atoms with van der Waals surface area (Å²) in [4.78, 5) is 24.6. The number of hydrogen-bond acceptors (Lipinski definition) is 5. The van der Waals surface area contributed by atoms with Crippen LogP contribution in [0.1, 0.15) is 38.3 Å². The van der Waals surface area contributed by atoms with E-state index in [0.717, 1.165) is 16.5 Å². The molecule has 0 saturated heterocycles. The SMILES string of the molecule is N#Cc1ccc(C(=O)Nc2sc3c(c2C#N)CCC(=O)C3)c(F)c1. The van der Waals surface area contributed by atoms with Crippen molar-refractivity contribution in [3.8, 4) is 12.1 Å². The summed E-state index contributed by atoms with van der Waals surface area (Å²) >= 11 is 1.18. The molecule has 0 aliphatic heterocycles. The predicted octanol–water partition coefficient (Wildman–Crippen LogP) is 2.94. The Bertz CT molecular complexity index is 950. The van der Waals surface area contributed by atoms with E-state index in [2.05, 4.69) is 11.4 Å². The van der Waals surface area contributed by atoms with E-state index in [-0.39, 0.29) is 23.3 Å². The number of Topliss-reactive ketones (excluding diaryl/α,β-unsaturated/α-hetero) is 1. The molecule has 0 radical (unpaired) electrons. The quantitative estimate of drug-likeness (QED) is 0.910. The highest BCUT2D eigenvalue weighted by molar-refractivity contribution is 7.16. The highest BCUT2D eigenvalue weighted by Gasteiger charge is 2.25. The topological polar surface area (TPSA) is 93.8 Å². The fourth-order valence-electron chi connectivity index (χ4n) is 2.60. The molecule has 1 amide bonds. The summed E-state index contributed by atoms with van der Waals surface area (Å²) in [5.74, 6) is -1.40. The van der Waals surface area contributed by atoms with Crippen LogP contribution in [0.4, 0.5) is 9.39 Å². The standard InChI is InChI=1S/C17H10FN3O2S/c18-14-5-9(7-19)1-3-12(14)16(23)21-17-13(8-20)11-4-2-10(22)6-15(11)24-17/h1,3,5H,2,4,6H2,(H,21,23). The van der Waals surface area contributed by atoms with Crippen molar-refractivity contribution >= 4 is 28.0 Å². The zero-order valence-electron chi connectivity index (χ0n) is 12.4. The van der Waals surface area contributed by atoms with E-state index >= 15 is 0 Å². The molecule has 0 bridgehead atoms. The van der Waals surface area contributed by atoms with Crippen LogP contribution in [0.3, 0.4) is 0 Å². The molecule has 0 unspecified atom stereocenters. The lowest BCUT2D eigenvalue weighted by Crippen LogP contribution is -2.14. The average Bonchev–Trinajstić information content (AvgIpc) is 2.90. The fraction of sp³-hybridized carbons (Fsp3) is 0.176. The molecule has 1 heterocycles. The third-order valence-electron chi connectivity index (χ3n) is 3.78. The molecular formula is C17H10FN3O2S. The molecule has 2 aromatic rings. The van der Waals surface area contributed by atoms with E-state index in [4.69, 9.17) is 5.26 Å². The lowest BCUT2D eigenvalue weighted by atomic mass is 9.95. The first-order valence-corrected chi connectivity index (χ1v) is 7.92. The summed E-state index contributed by atoms with van der Waals surface area (Å²) in [6, 6.07) is 7.41. The van der Waals surface area contributed by atoms with Crippen LogP contribution in [-0.4, -0.2) is 11.7 Å². The van der Waals surface area contributed by atoms with Gasteiger partial charge in [-0.1, -0.05) is 0 Å². The molecule has 0 saturated carbocycles. The van der Waals surface area contributed by atoms with Crippen molar-refractivity contribution < 1.29 is 14.0 Å². The summed E-state index contributed by atoms with van der Waals surface area (Å²) in [5, 5.41) is 21.0. The largest absolute Gasteiger partial charge is 0.312 e. The Labute approximate surface area is 141 Å². The molecule has 1 aromatic heterocycles. The van der Waals surface area contributed by atoms with E-state index in [1.807, 2.05) is 0 Å². The van der Waals surface area contributed by atoms with Gasteiger partial charge >= 0.3 is 0 Å². The van der Waals surface area contributed by atoms with Crippen LogP contribution in [-0.2, 0) is 17.6 Å². The second kappa shape index (κ2) is 6.23. The number of hydrogen-bond donors (Lipinski definition) is 1. The van der Waals surface area contributed by atoms with Gasteiger partial charge in [0.2, 0.25) is 0 Å². The maximum atomic E-state index is 13.9. The van der Waals surface area contributed by atoms with E-state index in [1.165, 1.54) is 23.5 Å². The number of fused-ring (bicyclic) bond motifs is 1. The van der Waals surface area contributed by atoms with E-state index in [1.54, 1.807) is 6.07 Å². The van der Waals surface area contributed by atoms with E-state index in [0.29, 0.717) is 23.4 Å². The van der Waals surface area contributed by atoms with Crippen molar-refractivity contribution in [1.82, 2.24) is 0 Å². The second-order valence-electron chi connectivity index (χ2n) is 5.30. The zero-order valence-corrected chi connectivity index (χ0v) is 13.2. The number of halogens is 1. The van der Waals surface area contributed by atoms with Crippen LogP contribution in [0.2, 0.25) is 0 Å². The van der Waals surface area contributed by atoms with Gasteiger partial charge in [-0.25, -0.2) is 4.39 Å².